The molecule has 0 aliphatic rings. The lowest BCUT2D eigenvalue weighted by Gasteiger charge is -2.07. The largest absolute Gasteiger partial charge is 0.497 e. The van der Waals surface area contributed by atoms with Gasteiger partial charge in [-0.2, -0.15) is 0 Å². The van der Waals surface area contributed by atoms with Crippen LogP contribution in [0.1, 0.15) is 5.56 Å². The van der Waals surface area contributed by atoms with Gasteiger partial charge in [0.25, 0.3) is 0 Å². The van der Waals surface area contributed by atoms with Gasteiger partial charge in [-0.25, -0.2) is 9.38 Å². The minimum absolute atomic E-state index is 0. The van der Waals surface area contributed by atoms with E-state index in [-0.39, 0.29) is 42.3 Å². The molecule has 2 rings (SSSR count). The molecule has 22 heavy (non-hydrogen) atoms. The van der Waals surface area contributed by atoms with Crippen molar-refractivity contribution in [3.8, 4) is 5.75 Å². The fourth-order valence-electron chi connectivity index (χ4n) is 1.70. The maximum Gasteiger partial charge on any atom is 0.193 e. The molecule has 0 unspecified atom stereocenters. The number of nitrogens with two attached hydrogens (primary N) is 1. The molecule has 118 valence electrons. The molecule has 0 aromatic heterocycles. The van der Waals surface area contributed by atoms with E-state index in [1.807, 2.05) is 24.3 Å². The fraction of sp³-hybridized carbons (Fsp3) is 0.133. The van der Waals surface area contributed by atoms with Crippen LogP contribution in [-0.4, -0.2) is 13.1 Å². The Bertz CT molecular complexity index is 650. The minimum atomic E-state index is -0.306. The molecule has 7 heteroatoms. The Hall–Kier alpha value is -1.35. The molecule has 2 aromatic rings. The molecule has 0 heterocycles. The van der Waals surface area contributed by atoms with Crippen molar-refractivity contribution in [1.82, 2.24) is 0 Å². The zero-order chi connectivity index (χ0) is 15.2. The number of benzene rings is 2. The minimum Gasteiger partial charge on any atom is -0.497 e. The highest BCUT2D eigenvalue weighted by molar-refractivity contribution is 14.0. The Morgan fingerprint density at radius 3 is 2.59 bits per heavy atom. The molecule has 0 amide bonds. The Balaban J connectivity index is 0.00000242. The molecule has 0 saturated heterocycles. The number of halogens is 3. The van der Waals surface area contributed by atoms with Crippen LogP contribution in [0.25, 0.3) is 0 Å². The van der Waals surface area contributed by atoms with Crippen LogP contribution in [0.5, 0.6) is 5.75 Å². The van der Waals surface area contributed by atoms with E-state index in [1.165, 1.54) is 6.07 Å². The van der Waals surface area contributed by atoms with E-state index >= 15 is 0 Å². The van der Waals surface area contributed by atoms with Crippen molar-refractivity contribution >= 4 is 51.6 Å². The first-order valence-corrected chi connectivity index (χ1v) is 7.02. The van der Waals surface area contributed by atoms with Gasteiger partial charge in [-0.05, 0) is 42.5 Å². The van der Waals surface area contributed by atoms with E-state index in [0.717, 1.165) is 15.9 Å². The second kappa shape index (κ2) is 8.94. The Kier molecular flexibility index (Phi) is 7.60. The van der Waals surface area contributed by atoms with Crippen LogP contribution in [0.15, 0.2) is 51.9 Å². The van der Waals surface area contributed by atoms with Gasteiger partial charge < -0.3 is 15.8 Å². The Morgan fingerprint density at radius 2 is 1.95 bits per heavy atom. The van der Waals surface area contributed by atoms with Gasteiger partial charge >= 0.3 is 0 Å². The number of nitrogens with zero attached hydrogens (tertiary/aromatic N) is 1. The van der Waals surface area contributed by atoms with Gasteiger partial charge in [-0.15, -0.1) is 24.0 Å². The zero-order valence-electron chi connectivity index (χ0n) is 11.8. The van der Waals surface area contributed by atoms with E-state index in [4.69, 9.17) is 10.5 Å². The monoisotopic (exact) mass is 479 g/mol. The molecule has 4 nitrogen and oxygen atoms in total. The highest BCUT2D eigenvalue weighted by atomic mass is 127. The highest BCUT2D eigenvalue weighted by Gasteiger charge is 2.02. The Labute approximate surface area is 154 Å². The summed E-state index contributed by atoms with van der Waals surface area (Å²) in [5.74, 6) is 0.672. The number of ether oxygens (including phenoxy) is 1. The quantitative estimate of drug-likeness (QED) is 0.393. The zero-order valence-corrected chi connectivity index (χ0v) is 15.8. The molecule has 3 N–H and O–H groups in total. The maximum atomic E-state index is 13.6. The lowest BCUT2D eigenvalue weighted by Crippen LogP contribution is -2.22. The second-order valence-electron chi connectivity index (χ2n) is 4.29. The number of hydrogen-bond acceptors (Lipinski definition) is 2. The van der Waals surface area contributed by atoms with Crippen LogP contribution >= 0.6 is 39.9 Å². The van der Waals surface area contributed by atoms with Crippen molar-refractivity contribution in [2.24, 2.45) is 10.7 Å². The van der Waals surface area contributed by atoms with Crippen LogP contribution in [0, 0.1) is 5.82 Å². The average molecular weight is 480 g/mol. The number of guanidine groups is 1. The predicted octanol–water partition coefficient (Wildman–Crippen LogP) is 4.14. The molecule has 0 spiro atoms. The number of nitrogens with one attached hydrogen (secondary N) is 1. The molecular formula is C15H16BrFIN3O. The summed E-state index contributed by atoms with van der Waals surface area (Å²) < 4.78 is 19.4. The first-order chi connectivity index (χ1) is 10.1. The van der Waals surface area contributed by atoms with Crippen molar-refractivity contribution < 1.29 is 9.13 Å². The molecule has 0 saturated carbocycles. The maximum absolute atomic E-state index is 13.6. The van der Waals surface area contributed by atoms with Crippen LogP contribution in [0.2, 0.25) is 0 Å². The van der Waals surface area contributed by atoms with Gasteiger partial charge in [0.05, 0.1) is 13.7 Å². The standard InChI is InChI=1S/C15H15BrFN3O.HI/c1-21-13-5-3-12(4-6-13)20-15(18)19-9-10-8-11(16)2-7-14(10)17;/h2-8H,9H2,1H3,(H3,18,19,20);1H. The average Bonchev–Trinajstić information content (AvgIpc) is 2.49. The van der Waals surface area contributed by atoms with Crippen molar-refractivity contribution in [3.63, 3.8) is 0 Å². The summed E-state index contributed by atoms with van der Waals surface area (Å²) >= 11 is 3.30. The van der Waals surface area contributed by atoms with Crippen molar-refractivity contribution in [3.05, 3.63) is 58.3 Å². The van der Waals surface area contributed by atoms with Crippen LogP contribution in [-0.2, 0) is 6.54 Å². The lowest BCUT2D eigenvalue weighted by atomic mass is 10.2. The third-order valence-corrected chi connectivity index (χ3v) is 3.28. The van der Waals surface area contributed by atoms with Crippen molar-refractivity contribution in [1.29, 1.82) is 0 Å². The summed E-state index contributed by atoms with van der Waals surface area (Å²) in [6.07, 6.45) is 0. The van der Waals surface area contributed by atoms with Gasteiger partial charge in [-0.1, -0.05) is 15.9 Å². The van der Waals surface area contributed by atoms with Gasteiger partial charge in [-0.3, -0.25) is 0 Å². The van der Waals surface area contributed by atoms with Crippen LogP contribution in [0.3, 0.4) is 0 Å². The highest BCUT2D eigenvalue weighted by Crippen LogP contribution is 2.17. The summed E-state index contributed by atoms with van der Waals surface area (Å²) in [5.41, 5.74) is 7.05. The normalized spacial score (nSPS) is 10.8. The van der Waals surface area contributed by atoms with E-state index in [0.29, 0.717) is 5.56 Å². The Morgan fingerprint density at radius 1 is 1.27 bits per heavy atom. The topological polar surface area (TPSA) is 59.6 Å². The molecular weight excluding hydrogens is 464 g/mol. The van der Waals surface area contributed by atoms with Crippen molar-refractivity contribution in [2.45, 2.75) is 6.54 Å². The summed E-state index contributed by atoms with van der Waals surface area (Å²) in [4.78, 5) is 4.13. The first kappa shape index (κ1) is 18.7. The predicted molar refractivity (Wildman–Crippen MR) is 101 cm³/mol. The summed E-state index contributed by atoms with van der Waals surface area (Å²) in [7, 11) is 1.60. The van der Waals surface area contributed by atoms with Gasteiger partial charge in [0, 0.05) is 15.7 Å². The lowest BCUT2D eigenvalue weighted by molar-refractivity contribution is 0.415. The molecule has 0 bridgehead atoms. The third-order valence-electron chi connectivity index (χ3n) is 2.79. The smallest absolute Gasteiger partial charge is 0.193 e. The van der Waals surface area contributed by atoms with Crippen LogP contribution in [0.4, 0.5) is 10.1 Å². The fourth-order valence-corrected chi connectivity index (χ4v) is 2.11. The third kappa shape index (κ3) is 5.45. The molecule has 0 aliphatic carbocycles. The van der Waals surface area contributed by atoms with E-state index in [1.54, 1.807) is 19.2 Å². The molecule has 0 atom stereocenters. The number of aliphatic imine (C=N–C) groups is 1. The van der Waals surface area contributed by atoms with E-state index < -0.39 is 0 Å². The van der Waals surface area contributed by atoms with Crippen LogP contribution < -0.4 is 15.8 Å². The molecule has 0 radical (unpaired) electrons. The molecule has 2 aromatic carbocycles. The molecule has 0 fully saturated rings. The van der Waals surface area contributed by atoms with Gasteiger partial charge in [0.2, 0.25) is 0 Å². The van der Waals surface area contributed by atoms with Crippen molar-refractivity contribution in [2.75, 3.05) is 12.4 Å². The summed E-state index contributed by atoms with van der Waals surface area (Å²) in [6.45, 7) is 0.167. The number of methoxy groups -OCH3 is 1. The first-order valence-electron chi connectivity index (χ1n) is 6.23. The van der Waals surface area contributed by atoms with Gasteiger partial charge in [0.1, 0.15) is 11.6 Å². The number of rotatable bonds is 4. The SMILES string of the molecule is COc1ccc(NC(N)=NCc2cc(Br)ccc2F)cc1.I. The summed E-state index contributed by atoms with van der Waals surface area (Å²) in [6, 6.07) is 12.0. The van der Waals surface area contributed by atoms with E-state index in [2.05, 4.69) is 26.2 Å². The number of hydrogen-bond donors (Lipinski definition) is 2. The second-order valence-corrected chi connectivity index (χ2v) is 5.21. The van der Waals surface area contributed by atoms with E-state index in [9.17, 15) is 4.39 Å². The molecule has 0 aliphatic heterocycles. The number of anilines is 1. The summed E-state index contributed by atoms with van der Waals surface area (Å²) in [5, 5.41) is 2.94. The van der Waals surface area contributed by atoms with Gasteiger partial charge in [0.15, 0.2) is 5.96 Å².